The Labute approximate surface area is 180 Å². The van der Waals surface area contributed by atoms with Crippen LogP contribution in [0.4, 0.5) is 5.82 Å². The molecule has 0 fully saturated rings. The summed E-state index contributed by atoms with van der Waals surface area (Å²) in [4.78, 5) is 23.1. The van der Waals surface area contributed by atoms with Crippen molar-refractivity contribution in [1.29, 1.82) is 0 Å². The molecule has 1 aromatic heterocycles. The zero-order valence-corrected chi connectivity index (χ0v) is 18.5. The van der Waals surface area contributed by atoms with Gasteiger partial charge in [0, 0.05) is 32.3 Å². The number of likely N-dealkylation sites (N-methyl/N-ethyl adjacent to an activating group) is 1. The lowest BCUT2D eigenvalue weighted by Crippen LogP contribution is -2.43. The molecule has 162 valence electrons. The van der Waals surface area contributed by atoms with Gasteiger partial charge in [0.15, 0.2) is 5.96 Å². The Hall–Kier alpha value is -2.93. The van der Waals surface area contributed by atoms with E-state index in [1.807, 2.05) is 25.1 Å². The SMILES string of the molecule is CCN(CC)C(CNC(=NC)NCCC(=O)Nc1cccc(C)n1)c1ccccc1. The van der Waals surface area contributed by atoms with Gasteiger partial charge in [-0.15, -0.1) is 0 Å². The number of carbonyl (C=O) groups excluding carboxylic acids is 1. The molecule has 7 nitrogen and oxygen atoms in total. The maximum Gasteiger partial charge on any atom is 0.227 e. The fraction of sp³-hybridized carbons (Fsp3) is 0.435. The first-order valence-electron chi connectivity index (χ1n) is 10.5. The molecular formula is C23H34N6O. The molecule has 0 aliphatic rings. The highest BCUT2D eigenvalue weighted by molar-refractivity contribution is 5.90. The predicted octanol–water partition coefficient (Wildman–Crippen LogP) is 2.97. The van der Waals surface area contributed by atoms with Crippen molar-refractivity contribution in [2.24, 2.45) is 4.99 Å². The summed E-state index contributed by atoms with van der Waals surface area (Å²) in [7, 11) is 1.74. The molecular weight excluding hydrogens is 376 g/mol. The normalized spacial score (nSPS) is 12.5. The molecule has 1 atom stereocenters. The van der Waals surface area contributed by atoms with Gasteiger partial charge in [0.1, 0.15) is 5.82 Å². The maximum atomic E-state index is 12.2. The number of benzene rings is 1. The van der Waals surface area contributed by atoms with Gasteiger partial charge < -0.3 is 16.0 Å². The highest BCUT2D eigenvalue weighted by atomic mass is 16.1. The van der Waals surface area contributed by atoms with E-state index in [9.17, 15) is 4.79 Å². The van der Waals surface area contributed by atoms with Crippen LogP contribution in [0.15, 0.2) is 53.5 Å². The van der Waals surface area contributed by atoms with Crippen molar-refractivity contribution in [1.82, 2.24) is 20.5 Å². The van der Waals surface area contributed by atoms with Gasteiger partial charge in [-0.2, -0.15) is 0 Å². The third-order valence-corrected chi connectivity index (χ3v) is 4.92. The molecule has 1 aromatic carbocycles. The minimum absolute atomic E-state index is 0.0821. The number of pyridine rings is 1. The van der Waals surface area contributed by atoms with Crippen LogP contribution in [0, 0.1) is 6.92 Å². The molecule has 0 bridgehead atoms. The summed E-state index contributed by atoms with van der Waals surface area (Å²) in [6, 6.07) is 16.3. The Bertz CT molecular complexity index is 804. The second-order valence-electron chi connectivity index (χ2n) is 6.99. The monoisotopic (exact) mass is 410 g/mol. The van der Waals surface area contributed by atoms with E-state index >= 15 is 0 Å². The molecule has 0 saturated heterocycles. The Balaban J connectivity index is 1.84. The number of nitrogens with zero attached hydrogens (tertiary/aromatic N) is 3. The van der Waals surface area contributed by atoms with E-state index in [1.54, 1.807) is 13.1 Å². The highest BCUT2D eigenvalue weighted by Gasteiger charge is 2.18. The Morgan fingerprint density at radius 1 is 1.07 bits per heavy atom. The van der Waals surface area contributed by atoms with Crippen LogP contribution in [0.2, 0.25) is 0 Å². The molecule has 2 rings (SSSR count). The van der Waals surface area contributed by atoms with Gasteiger partial charge in [0.05, 0.1) is 6.04 Å². The number of guanidine groups is 1. The van der Waals surface area contributed by atoms with Crippen LogP contribution >= 0.6 is 0 Å². The third kappa shape index (κ3) is 7.48. The molecule has 0 saturated carbocycles. The maximum absolute atomic E-state index is 12.2. The Morgan fingerprint density at radius 3 is 2.43 bits per heavy atom. The number of aromatic nitrogens is 1. The topological polar surface area (TPSA) is 81.6 Å². The molecule has 2 aromatic rings. The number of anilines is 1. The van der Waals surface area contributed by atoms with Crippen molar-refractivity contribution in [3.8, 4) is 0 Å². The molecule has 7 heteroatoms. The first-order chi connectivity index (χ1) is 14.6. The van der Waals surface area contributed by atoms with E-state index in [2.05, 4.69) is 68.9 Å². The fourth-order valence-corrected chi connectivity index (χ4v) is 3.32. The lowest BCUT2D eigenvalue weighted by molar-refractivity contribution is -0.116. The zero-order valence-electron chi connectivity index (χ0n) is 18.5. The first kappa shape index (κ1) is 23.3. The molecule has 1 amide bonds. The van der Waals surface area contributed by atoms with Crippen molar-refractivity contribution >= 4 is 17.7 Å². The van der Waals surface area contributed by atoms with E-state index < -0.39 is 0 Å². The van der Waals surface area contributed by atoms with Gasteiger partial charge in [0.2, 0.25) is 5.91 Å². The van der Waals surface area contributed by atoms with E-state index in [0.717, 1.165) is 25.3 Å². The molecule has 0 aliphatic heterocycles. The van der Waals surface area contributed by atoms with Crippen LogP contribution in [-0.4, -0.2) is 55.0 Å². The molecule has 0 aliphatic carbocycles. The number of rotatable bonds is 10. The lowest BCUT2D eigenvalue weighted by atomic mass is 10.1. The number of carbonyl (C=O) groups is 1. The molecule has 3 N–H and O–H groups in total. The number of hydrogen-bond donors (Lipinski definition) is 3. The van der Waals surface area contributed by atoms with Gasteiger partial charge in [-0.1, -0.05) is 50.2 Å². The largest absolute Gasteiger partial charge is 0.356 e. The molecule has 0 radical (unpaired) electrons. The number of hydrogen-bond acceptors (Lipinski definition) is 4. The van der Waals surface area contributed by atoms with Gasteiger partial charge in [0.25, 0.3) is 0 Å². The molecule has 1 unspecified atom stereocenters. The van der Waals surface area contributed by atoms with Crippen molar-refractivity contribution in [2.75, 3.05) is 38.5 Å². The van der Waals surface area contributed by atoms with Gasteiger partial charge in [-0.05, 0) is 37.7 Å². The average Bonchev–Trinajstić information content (AvgIpc) is 2.75. The quantitative estimate of drug-likeness (QED) is 0.414. The summed E-state index contributed by atoms with van der Waals surface area (Å²) in [5.41, 5.74) is 2.14. The van der Waals surface area contributed by atoms with E-state index in [4.69, 9.17) is 0 Å². The van der Waals surface area contributed by atoms with Crippen LogP contribution in [-0.2, 0) is 4.79 Å². The van der Waals surface area contributed by atoms with Crippen LogP contribution < -0.4 is 16.0 Å². The van der Waals surface area contributed by atoms with Crippen molar-refractivity contribution < 1.29 is 4.79 Å². The minimum atomic E-state index is -0.0821. The fourth-order valence-electron chi connectivity index (χ4n) is 3.32. The summed E-state index contributed by atoms with van der Waals surface area (Å²) >= 11 is 0. The van der Waals surface area contributed by atoms with E-state index in [-0.39, 0.29) is 11.9 Å². The molecule has 0 spiro atoms. The minimum Gasteiger partial charge on any atom is -0.356 e. The van der Waals surface area contributed by atoms with Gasteiger partial charge in [-0.3, -0.25) is 14.7 Å². The van der Waals surface area contributed by atoms with Crippen molar-refractivity contribution in [2.45, 2.75) is 33.2 Å². The average molecular weight is 411 g/mol. The second kappa shape index (κ2) is 12.6. The Kier molecular flexibility index (Phi) is 9.80. The van der Waals surface area contributed by atoms with Gasteiger partial charge in [-0.25, -0.2) is 4.98 Å². The van der Waals surface area contributed by atoms with E-state index in [0.29, 0.717) is 24.7 Å². The molecule has 30 heavy (non-hydrogen) atoms. The Morgan fingerprint density at radius 2 is 1.80 bits per heavy atom. The third-order valence-electron chi connectivity index (χ3n) is 4.92. The second-order valence-corrected chi connectivity index (χ2v) is 6.99. The first-order valence-corrected chi connectivity index (χ1v) is 10.5. The van der Waals surface area contributed by atoms with Gasteiger partial charge >= 0.3 is 0 Å². The zero-order chi connectivity index (χ0) is 21.8. The van der Waals surface area contributed by atoms with Crippen LogP contribution in [0.25, 0.3) is 0 Å². The number of aliphatic imine (C=N–C) groups is 1. The summed E-state index contributed by atoms with van der Waals surface area (Å²) in [5.74, 6) is 1.18. The highest BCUT2D eigenvalue weighted by Crippen LogP contribution is 2.19. The smallest absolute Gasteiger partial charge is 0.227 e. The number of amides is 1. The molecule has 1 heterocycles. The summed E-state index contributed by atoms with van der Waals surface area (Å²) in [5, 5.41) is 9.44. The number of aryl methyl sites for hydroxylation is 1. The summed E-state index contributed by atoms with van der Waals surface area (Å²) in [6.45, 7) is 9.40. The predicted molar refractivity (Wildman–Crippen MR) is 124 cm³/mol. The van der Waals surface area contributed by atoms with E-state index in [1.165, 1.54) is 5.56 Å². The summed E-state index contributed by atoms with van der Waals surface area (Å²) < 4.78 is 0. The van der Waals surface area contributed by atoms with Crippen LogP contribution in [0.5, 0.6) is 0 Å². The standard InChI is InChI=1S/C23H34N6O/c1-5-29(6-2)20(19-12-8-7-9-13-19)17-26-23(24-4)25-16-15-22(30)28-21-14-10-11-18(3)27-21/h7-14,20H,5-6,15-17H2,1-4H3,(H2,24,25,26)(H,27,28,30). The van der Waals surface area contributed by atoms with Crippen molar-refractivity contribution in [3.05, 3.63) is 59.8 Å². The van der Waals surface area contributed by atoms with Crippen LogP contribution in [0.1, 0.15) is 37.6 Å². The van der Waals surface area contributed by atoms with Crippen molar-refractivity contribution in [3.63, 3.8) is 0 Å². The lowest BCUT2D eigenvalue weighted by Gasteiger charge is -2.30. The number of nitrogens with one attached hydrogen (secondary N) is 3. The van der Waals surface area contributed by atoms with Crippen LogP contribution in [0.3, 0.4) is 0 Å². The summed E-state index contributed by atoms with van der Waals surface area (Å²) in [6.07, 6.45) is 0.328.